The molecule has 0 aliphatic carbocycles. The first-order valence-corrected chi connectivity index (χ1v) is 6.86. The zero-order valence-electron chi connectivity index (χ0n) is 6.89. The Morgan fingerprint density at radius 3 is 3.08 bits per heavy atom. The van der Waals surface area contributed by atoms with Crippen molar-refractivity contribution in [3.05, 3.63) is 21.7 Å². The van der Waals surface area contributed by atoms with E-state index in [0.717, 1.165) is 4.88 Å². The summed E-state index contributed by atoms with van der Waals surface area (Å²) in [5.41, 5.74) is 0. The van der Waals surface area contributed by atoms with Crippen LogP contribution >= 0.6 is 22.7 Å². The van der Waals surface area contributed by atoms with E-state index < -0.39 is 11.0 Å². The Morgan fingerprint density at radius 1 is 1.54 bits per heavy atom. The summed E-state index contributed by atoms with van der Waals surface area (Å²) in [5, 5.41) is 5.46. The van der Waals surface area contributed by atoms with Crippen molar-refractivity contribution in [2.45, 2.75) is 0 Å². The summed E-state index contributed by atoms with van der Waals surface area (Å²) in [5.74, 6) is 0. The maximum atomic E-state index is 10.7. The molecule has 68 valence electrons. The van der Waals surface area contributed by atoms with E-state index in [1.165, 1.54) is 10.1 Å². The molecule has 0 bridgehead atoms. The minimum atomic E-state index is -1.10. The van der Waals surface area contributed by atoms with E-state index in [-0.39, 0.29) is 0 Å². The molecule has 0 N–H and O–H groups in total. The zero-order valence-corrected chi connectivity index (χ0v) is 9.34. The van der Waals surface area contributed by atoms with Crippen molar-refractivity contribution in [1.82, 2.24) is 0 Å². The number of nitrogens with zero attached hydrogens (tertiary/aromatic N) is 1. The second-order valence-corrected chi connectivity index (χ2v) is 5.42. The molecule has 2 rings (SSSR count). The minimum absolute atomic E-state index is 1.06. The number of rotatable bonds is 2. The SMILES string of the molecule is CS(=O)/N=C/c1cc2cscc2s1. The fourth-order valence-electron chi connectivity index (χ4n) is 0.983. The fraction of sp³-hybridized carbons (Fsp3) is 0.125. The smallest absolute Gasteiger partial charge is 0.136 e. The maximum Gasteiger partial charge on any atom is 0.136 e. The van der Waals surface area contributed by atoms with Crippen LogP contribution in [-0.2, 0) is 11.0 Å². The van der Waals surface area contributed by atoms with Crippen LogP contribution in [0.2, 0.25) is 0 Å². The van der Waals surface area contributed by atoms with E-state index in [9.17, 15) is 4.21 Å². The Kier molecular flexibility index (Phi) is 2.57. The lowest BCUT2D eigenvalue weighted by Crippen LogP contribution is -1.79. The van der Waals surface area contributed by atoms with E-state index in [2.05, 4.69) is 21.2 Å². The van der Waals surface area contributed by atoms with Crippen LogP contribution in [0.4, 0.5) is 0 Å². The first-order valence-electron chi connectivity index (χ1n) is 3.59. The summed E-state index contributed by atoms with van der Waals surface area (Å²) in [4.78, 5) is 1.06. The Bertz CT molecular complexity index is 440. The maximum absolute atomic E-state index is 10.7. The average Bonchev–Trinajstić information content (AvgIpc) is 2.58. The predicted molar refractivity (Wildman–Crippen MR) is 61.4 cm³/mol. The van der Waals surface area contributed by atoms with Crippen LogP contribution in [0.15, 0.2) is 21.2 Å². The van der Waals surface area contributed by atoms with Gasteiger partial charge in [0.15, 0.2) is 0 Å². The summed E-state index contributed by atoms with van der Waals surface area (Å²) in [6, 6.07) is 2.06. The van der Waals surface area contributed by atoms with Crippen LogP contribution in [0.5, 0.6) is 0 Å². The van der Waals surface area contributed by atoms with Gasteiger partial charge in [-0.15, -0.1) is 11.3 Å². The van der Waals surface area contributed by atoms with Crippen molar-refractivity contribution < 1.29 is 4.21 Å². The van der Waals surface area contributed by atoms with Gasteiger partial charge in [-0.25, -0.2) is 4.21 Å². The van der Waals surface area contributed by atoms with E-state index in [1.807, 2.05) is 0 Å². The highest BCUT2D eigenvalue weighted by Gasteiger charge is 1.99. The van der Waals surface area contributed by atoms with Gasteiger partial charge in [-0.3, -0.25) is 0 Å². The van der Waals surface area contributed by atoms with E-state index in [4.69, 9.17) is 0 Å². The number of hydrogen-bond acceptors (Lipinski definition) is 3. The van der Waals surface area contributed by atoms with Gasteiger partial charge in [0.1, 0.15) is 11.0 Å². The first-order chi connectivity index (χ1) is 6.25. The Hall–Kier alpha value is -0.520. The number of thiophene rings is 2. The molecule has 0 aliphatic rings. The second-order valence-electron chi connectivity index (χ2n) is 2.50. The highest BCUT2D eigenvalue weighted by molar-refractivity contribution is 7.83. The molecule has 5 heteroatoms. The molecule has 0 amide bonds. The van der Waals surface area contributed by atoms with Crippen molar-refractivity contribution in [1.29, 1.82) is 0 Å². The molecule has 0 spiro atoms. The summed E-state index contributed by atoms with van der Waals surface area (Å²) in [6.45, 7) is 0. The van der Waals surface area contributed by atoms with E-state index in [1.54, 1.807) is 35.1 Å². The van der Waals surface area contributed by atoms with Gasteiger partial charge in [0.25, 0.3) is 0 Å². The molecule has 0 saturated carbocycles. The van der Waals surface area contributed by atoms with Crippen LogP contribution in [0.3, 0.4) is 0 Å². The van der Waals surface area contributed by atoms with Crippen LogP contribution in [0.25, 0.3) is 10.1 Å². The molecule has 2 heterocycles. The molecule has 0 aliphatic heterocycles. The molecule has 1 atom stereocenters. The standard InChI is InChI=1S/C8H7NOS3/c1-13(10)9-3-7-2-6-4-11-5-8(6)12-7/h2-5H,1H3/b9-3+. The average molecular weight is 229 g/mol. The van der Waals surface area contributed by atoms with Gasteiger partial charge < -0.3 is 0 Å². The van der Waals surface area contributed by atoms with Gasteiger partial charge in [-0.05, 0) is 11.4 Å². The summed E-state index contributed by atoms with van der Waals surface area (Å²) in [7, 11) is -1.10. The molecular weight excluding hydrogens is 222 g/mol. The van der Waals surface area contributed by atoms with Crippen molar-refractivity contribution in [2.24, 2.45) is 4.40 Å². The Labute approximate surface area is 86.5 Å². The molecule has 0 saturated heterocycles. The third-order valence-corrected chi connectivity index (χ3v) is 3.85. The van der Waals surface area contributed by atoms with Gasteiger partial charge in [0.05, 0.1) is 6.21 Å². The van der Waals surface area contributed by atoms with Crippen LogP contribution in [0, 0.1) is 0 Å². The highest BCUT2D eigenvalue weighted by atomic mass is 32.2. The largest absolute Gasteiger partial charge is 0.235 e. The van der Waals surface area contributed by atoms with Crippen molar-refractivity contribution in [3.8, 4) is 0 Å². The molecule has 2 aromatic rings. The number of fused-ring (bicyclic) bond motifs is 1. The molecule has 0 radical (unpaired) electrons. The first kappa shape index (κ1) is 9.05. The second kappa shape index (κ2) is 3.69. The van der Waals surface area contributed by atoms with Crippen molar-refractivity contribution in [3.63, 3.8) is 0 Å². The molecule has 2 aromatic heterocycles. The minimum Gasteiger partial charge on any atom is -0.235 e. The summed E-state index contributed by atoms with van der Waals surface area (Å²) < 4.78 is 15.8. The normalized spacial score (nSPS) is 14.2. The number of hydrogen-bond donors (Lipinski definition) is 0. The van der Waals surface area contributed by atoms with E-state index >= 15 is 0 Å². The molecule has 13 heavy (non-hydrogen) atoms. The third kappa shape index (κ3) is 2.04. The summed E-state index contributed by atoms with van der Waals surface area (Å²) in [6.07, 6.45) is 3.23. The molecule has 2 nitrogen and oxygen atoms in total. The lowest BCUT2D eigenvalue weighted by molar-refractivity contribution is 0.688. The monoisotopic (exact) mass is 229 g/mol. The van der Waals surface area contributed by atoms with Crippen molar-refractivity contribution in [2.75, 3.05) is 6.26 Å². The van der Waals surface area contributed by atoms with Crippen LogP contribution < -0.4 is 0 Å². The van der Waals surface area contributed by atoms with Gasteiger partial charge in [-0.1, -0.05) is 0 Å². The van der Waals surface area contributed by atoms with E-state index in [0.29, 0.717) is 0 Å². The van der Waals surface area contributed by atoms with Crippen molar-refractivity contribution >= 4 is 50.0 Å². The molecule has 0 fully saturated rings. The predicted octanol–water partition coefficient (Wildman–Crippen LogP) is 2.68. The third-order valence-electron chi connectivity index (χ3n) is 1.51. The van der Waals surface area contributed by atoms with Crippen LogP contribution in [-0.4, -0.2) is 16.7 Å². The Balaban J connectivity index is 2.34. The van der Waals surface area contributed by atoms with Crippen LogP contribution in [0.1, 0.15) is 4.88 Å². The lowest BCUT2D eigenvalue weighted by atomic mass is 10.4. The topological polar surface area (TPSA) is 29.4 Å². The van der Waals surface area contributed by atoms with Gasteiger partial charge in [-0.2, -0.15) is 15.7 Å². The fourth-order valence-corrected chi connectivity index (χ4v) is 3.20. The quantitative estimate of drug-likeness (QED) is 0.728. The van der Waals surface area contributed by atoms with Gasteiger partial charge in [0, 0.05) is 26.6 Å². The van der Waals surface area contributed by atoms with Gasteiger partial charge >= 0.3 is 0 Å². The molecule has 1 unspecified atom stereocenters. The van der Waals surface area contributed by atoms with Gasteiger partial charge in [0.2, 0.25) is 0 Å². The molecular formula is C8H7NOS3. The molecule has 0 aromatic carbocycles. The Morgan fingerprint density at radius 2 is 2.38 bits per heavy atom. The lowest BCUT2D eigenvalue weighted by Gasteiger charge is -1.80. The highest BCUT2D eigenvalue weighted by Crippen LogP contribution is 2.27. The zero-order chi connectivity index (χ0) is 9.26. The summed E-state index contributed by atoms with van der Waals surface area (Å²) >= 11 is 3.37.